The van der Waals surface area contributed by atoms with Gasteiger partial charge in [0.15, 0.2) is 0 Å². The fourth-order valence-corrected chi connectivity index (χ4v) is 3.33. The van der Waals surface area contributed by atoms with Crippen molar-refractivity contribution in [2.24, 2.45) is 5.92 Å². The van der Waals surface area contributed by atoms with Crippen LogP contribution in [0.4, 0.5) is 15.8 Å². The number of carbonyl (C=O) groups excluding carboxylic acids is 1. The highest BCUT2D eigenvalue weighted by atomic mass is 19.1. The SMILES string of the molecule is C[C@@H]1CN(C)c2ccccc2N(C(=O)[C@]2(F)CCNC2)C1. The van der Waals surface area contributed by atoms with Crippen LogP contribution in [-0.4, -0.2) is 44.8 Å². The normalized spacial score (nSPS) is 29.2. The van der Waals surface area contributed by atoms with Crippen LogP contribution in [0, 0.1) is 5.92 Å². The number of hydrogen-bond acceptors (Lipinski definition) is 3. The summed E-state index contributed by atoms with van der Waals surface area (Å²) < 4.78 is 14.9. The Bertz CT molecular complexity index is 542. The molecule has 21 heavy (non-hydrogen) atoms. The molecule has 0 radical (unpaired) electrons. The first kappa shape index (κ1) is 14.3. The molecule has 114 valence electrons. The van der Waals surface area contributed by atoms with Gasteiger partial charge in [0, 0.05) is 33.1 Å². The Morgan fingerprint density at radius 1 is 1.33 bits per heavy atom. The number of nitrogens with one attached hydrogen (secondary N) is 1. The molecule has 0 unspecified atom stereocenters. The van der Waals surface area contributed by atoms with Gasteiger partial charge in [0.25, 0.3) is 5.91 Å². The molecule has 1 aromatic rings. The van der Waals surface area contributed by atoms with Gasteiger partial charge < -0.3 is 15.1 Å². The third-order valence-electron chi connectivity index (χ3n) is 4.40. The Morgan fingerprint density at radius 3 is 2.71 bits per heavy atom. The van der Waals surface area contributed by atoms with Gasteiger partial charge in [-0.05, 0) is 24.6 Å². The first-order valence-electron chi connectivity index (χ1n) is 7.53. The zero-order valence-electron chi connectivity index (χ0n) is 12.6. The zero-order chi connectivity index (χ0) is 15.0. The fraction of sp³-hybridized carbons (Fsp3) is 0.562. The summed E-state index contributed by atoms with van der Waals surface area (Å²) in [5.41, 5.74) is 0.0402. The highest BCUT2D eigenvalue weighted by Gasteiger charge is 2.45. The molecule has 0 saturated carbocycles. The summed E-state index contributed by atoms with van der Waals surface area (Å²) in [4.78, 5) is 16.6. The van der Waals surface area contributed by atoms with E-state index in [0.29, 0.717) is 19.0 Å². The van der Waals surface area contributed by atoms with Crippen molar-refractivity contribution in [1.82, 2.24) is 5.32 Å². The monoisotopic (exact) mass is 291 g/mol. The molecular formula is C16H22FN3O. The second-order valence-electron chi connectivity index (χ2n) is 6.28. The number of alkyl halides is 1. The van der Waals surface area contributed by atoms with Crippen LogP contribution in [0.15, 0.2) is 24.3 Å². The lowest BCUT2D eigenvalue weighted by atomic mass is 10.0. The highest BCUT2D eigenvalue weighted by Crippen LogP contribution is 2.35. The van der Waals surface area contributed by atoms with E-state index in [9.17, 15) is 9.18 Å². The molecule has 3 rings (SSSR count). The van der Waals surface area contributed by atoms with Crippen LogP contribution in [0.2, 0.25) is 0 Å². The van der Waals surface area contributed by atoms with Crippen LogP contribution in [-0.2, 0) is 4.79 Å². The number of anilines is 2. The van der Waals surface area contributed by atoms with Crippen molar-refractivity contribution < 1.29 is 9.18 Å². The molecule has 2 atom stereocenters. The Labute approximate surface area is 124 Å². The molecule has 2 aliphatic rings. The van der Waals surface area contributed by atoms with Gasteiger partial charge in [-0.15, -0.1) is 0 Å². The molecule has 2 aliphatic heterocycles. The van der Waals surface area contributed by atoms with Gasteiger partial charge in [0.2, 0.25) is 5.67 Å². The average molecular weight is 291 g/mol. The summed E-state index contributed by atoms with van der Waals surface area (Å²) in [7, 11) is 2.02. The highest BCUT2D eigenvalue weighted by molar-refractivity contribution is 6.02. The summed E-state index contributed by atoms with van der Waals surface area (Å²) >= 11 is 0. The maximum absolute atomic E-state index is 14.9. The van der Waals surface area contributed by atoms with Gasteiger partial charge in [0.05, 0.1) is 11.4 Å². The van der Waals surface area contributed by atoms with E-state index in [2.05, 4.69) is 17.1 Å². The van der Waals surface area contributed by atoms with Crippen LogP contribution in [0.5, 0.6) is 0 Å². The number of para-hydroxylation sites is 2. The summed E-state index contributed by atoms with van der Waals surface area (Å²) in [5, 5.41) is 2.96. The van der Waals surface area contributed by atoms with Crippen LogP contribution in [0.1, 0.15) is 13.3 Å². The molecule has 0 aliphatic carbocycles. The van der Waals surface area contributed by atoms with Crippen molar-refractivity contribution in [3.8, 4) is 0 Å². The number of halogens is 1. The number of amides is 1. The van der Waals surface area contributed by atoms with E-state index in [1.54, 1.807) is 4.90 Å². The molecule has 5 heteroatoms. The topological polar surface area (TPSA) is 35.6 Å². The van der Waals surface area contributed by atoms with E-state index in [-0.39, 0.29) is 13.0 Å². The van der Waals surface area contributed by atoms with Crippen molar-refractivity contribution in [1.29, 1.82) is 0 Å². The Balaban J connectivity index is 2.00. The minimum absolute atomic E-state index is 0.120. The molecule has 0 spiro atoms. The predicted molar refractivity (Wildman–Crippen MR) is 82.6 cm³/mol. The molecule has 1 saturated heterocycles. The van der Waals surface area contributed by atoms with Gasteiger partial charge in [-0.25, -0.2) is 4.39 Å². The van der Waals surface area contributed by atoms with E-state index in [4.69, 9.17) is 0 Å². The van der Waals surface area contributed by atoms with E-state index >= 15 is 0 Å². The lowest BCUT2D eigenvalue weighted by Crippen LogP contribution is -2.49. The first-order chi connectivity index (χ1) is 10.0. The van der Waals surface area contributed by atoms with Crippen molar-refractivity contribution >= 4 is 17.3 Å². The van der Waals surface area contributed by atoms with Gasteiger partial charge >= 0.3 is 0 Å². The Kier molecular flexibility index (Phi) is 3.61. The molecule has 4 nitrogen and oxygen atoms in total. The second kappa shape index (κ2) is 5.30. The summed E-state index contributed by atoms with van der Waals surface area (Å²) in [5.74, 6) is -0.105. The fourth-order valence-electron chi connectivity index (χ4n) is 3.33. The van der Waals surface area contributed by atoms with Crippen LogP contribution < -0.4 is 15.1 Å². The molecule has 0 bridgehead atoms. The molecule has 2 heterocycles. The van der Waals surface area contributed by atoms with Crippen molar-refractivity contribution in [3.05, 3.63) is 24.3 Å². The molecule has 1 N–H and O–H groups in total. The number of rotatable bonds is 1. The first-order valence-corrected chi connectivity index (χ1v) is 7.53. The third-order valence-corrected chi connectivity index (χ3v) is 4.40. The third kappa shape index (κ3) is 2.50. The number of hydrogen-bond donors (Lipinski definition) is 1. The molecule has 1 amide bonds. The Hall–Kier alpha value is -1.62. The number of benzene rings is 1. The minimum Gasteiger partial charge on any atom is -0.373 e. The standard InChI is InChI=1S/C16H22FN3O/c1-12-9-19(2)13-5-3-4-6-14(13)20(10-12)15(21)16(17)7-8-18-11-16/h3-6,12,18H,7-11H2,1-2H3/t12-,16+/m1/s1. The molecule has 1 aromatic carbocycles. The Morgan fingerprint density at radius 2 is 2.05 bits per heavy atom. The minimum atomic E-state index is -1.77. The van der Waals surface area contributed by atoms with Crippen molar-refractivity contribution in [2.75, 3.05) is 43.0 Å². The number of nitrogens with zero attached hydrogens (tertiary/aromatic N) is 2. The summed E-state index contributed by atoms with van der Waals surface area (Å²) in [6.45, 7) is 4.20. The maximum atomic E-state index is 14.9. The quantitative estimate of drug-likeness (QED) is 0.857. The predicted octanol–water partition coefficient (Wildman–Crippen LogP) is 1.81. The van der Waals surface area contributed by atoms with Gasteiger partial charge in [-0.1, -0.05) is 19.1 Å². The van der Waals surface area contributed by atoms with Gasteiger partial charge in [-0.2, -0.15) is 0 Å². The van der Waals surface area contributed by atoms with Crippen LogP contribution in [0.3, 0.4) is 0 Å². The number of fused-ring (bicyclic) bond motifs is 1. The van der Waals surface area contributed by atoms with Gasteiger partial charge in [-0.3, -0.25) is 4.79 Å². The second-order valence-corrected chi connectivity index (χ2v) is 6.28. The zero-order valence-corrected chi connectivity index (χ0v) is 12.6. The van der Waals surface area contributed by atoms with Crippen LogP contribution >= 0.6 is 0 Å². The van der Waals surface area contributed by atoms with E-state index in [1.807, 2.05) is 31.3 Å². The smallest absolute Gasteiger partial charge is 0.266 e. The molecule has 0 aromatic heterocycles. The van der Waals surface area contributed by atoms with Gasteiger partial charge in [0.1, 0.15) is 0 Å². The summed E-state index contributed by atoms with van der Waals surface area (Å²) in [6, 6.07) is 7.76. The largest absolute Gasteiger partial charge is 0.373 e. The average Bonchev–Trinajstić information content (AvgIpc) is 2.87. The number of carbonyl (C=O) groups is 1. The summed E-state index contributed by atoms with van der Waals surface area (Å²) in [6.07, 6.45) is 0.259. The lowest BCUT2D eigenvalue weighted by Gasteiger charge is -2.29. The molecular weight excluding hydrogens is 269 g/mol. The van der Waals surface area contributed by atoms with E-state index < -0.39 is 11.6 Å². The molecule has 1 fully saturated rings. The van der Waals surface area contributed by atoms with Crippen LogP contribution in [0.25, 0.3) is 0 Å². The van der Waals surface area contributed by atoms with E-state index in [0.717, 1.165) is 17.9 Å². The van der Waals surface area contributed by atoms with E-state index in [1.165, 1.54) is 0 Å². The van der Waals surface area contributed by atoms with Crippen molar-refractivity contribution in [3.63, 3.8) is 0 Å². The lowest BCUT2D eigenvalue weighted by molar-refractivity contribution is -0.129. The van der Waals surface area contributed by atoms with Crippen molar-refractivity contribution in [2.45, 2.75) is 19.0 Å². The maximum Gasteiger partial charge on any atom is 0.266 e.